The van der Waals surface area contributed by atoms with Crippen LogP contribution < -0.4 is 5.32 Å². The molecule has 2 saturated heterocycles. The standard InChI is InChI=1S/C16H23N5O3S2/c1-20-9-7-17-11-13(20)15-18-16(24-19-15)12-5-2-3-8-21(12)26(22,23)14-6-4-10-25-14/h4,6,10,12-13,17H,2-3,5,7-9,11H2,1H3. The van der Waals surface area contributed by atoms with Crippen molar-refractivity contribution in [2.45, 2.75) is 35.6 Å². The van der Waals surface area contributed by atoms with Crippen LogP contribution in [0, 0.1) is 0 Å². The van der Waals surface area contributed by atoms with Crippen molar-refractivity contribution in [3.05, 3.63) is 29.2 Å². The van der Waals surface area contributed by atoms with E-state index in [-0.39, 0.29) is 12.1 Å². The van der Waals surface area contributed by atoms with Crippen LogP contribution in [-0.2, 0) is 10.0 Å². The van der Waals surface area contributed by atoms with Crippen LogP contribution in [-0.4, -0.2) is 61.0 Å². The molecule has 4 heterocycles. The molecule has 26 heavy (non-hydrogen) atoms. The molecule has 0 bridgehead atoms. The number of hydrogen-bond acceptors (Lipinski definition) is 8. The average molecular weight is 398 g/mol. The summed E-state index contributed by atoms with van der Waals surface area (Å²) in [5, 5.41) is 9.27. The molecule has 0 aromatic carbocycles. The van der Waals surface area contributed by atoms with E-state index in [0.717, 1.165) is 32.5 Å². The zero-order valence-electron chi connectivity index (χ0n) is 14.7. The van der Waals surface area contributed by atoms with Crippen LogP contribution in [0.2, 0.25) is 0 Å². The summed E-state index contributed by atoms with van der Waals surface area (Å²) >= 11 is 1.24. The molecule has 1 N–H and O–H groups in total. The maximum atomic E-state index is 13.0. The van der Waals surface area contributed by atoms with Crippen molar-refractivity contribution >= 4 is 21.4 Å². The Hall–Kier alpha value is -1.33. The summed E-state index contributed by atoms with van der Waals surface area (Å²) in [5.41, 5.74) is 0. The average Bonchev–Trinajstić information content (AvgIpc) is 3.34. The van der Waals surface area contributed by atoms with E-state index >= 15 is 0 Å². The van der Waals surface area contributed by atoms with Crippen molar-refractivity contribution in [1.29, 1.82) is 0 Å². The molecule has 2 fully saturated rings. The Morgan fingerprint density at radius 1 is 1.31 bits per heavy atom. The third kappa shape index (κ3) is 3.31. The summed E-state index contributed by atoms with van der Waals surface area (Å²) in [6.07, 6.45) is 2.49. The lowest BCUT2D eigenvalue weighted by molar-refractivity contribution is 0.187. The highest BCUT2D eigenvalue weighted by atomic mass is 32.2. The van der Waals surface area contributed by atoms with Gasteiger partial charge in [0, 0.05) is 26.2 Å². The van der Waals surface area contributed by atoms with Gasteiger partial charge < -0.3 is 9.84 Å². The number of likely N-dealkylation sites (N-methyl/N-ethyl adjacent to an activating group) is 1. The lowest BCUT2D eigenvalue weighted by atomic mass is 10.1. The quantitative estimate of drug-likeness (QED) is 0.838. The number of thiophene rings is 1. The van der Waals surface area contributed by atoms with Gasteiger partial charge >= 0.3 is 0 Å². The van der Waals surface area contributed by atoms with E-state index in [2.05, 4.69) is 20.4 Å². The normalized spacial score (nSPS) is 26.2. The minimum absolute atomic E-state index is 0.0483. The predicted molar refractivity (Wildman–Crippen MR) is 97.3 cm³/mol. The first-order valence-electron chi connectivity index (χ1n) is 8.87. The second-order valence-electron chi connectivity index (χ2n) is 6.75. The molecular formula is C16H23N5O3S2. The van der Waals surface area contributed by atoms with E-state index in [0.29, 0.717) is 28.9 Å². The van der Waals surface area contributed by atoms with Crippen LogP contribution in [0.4, 0.5) is 0 Å². The van der Waals surface area contributed by atoms with Crippen LogP contribution in [0.15, 0.2) is 26.2 Å². The first-order chi connectivity index (χ1) is 12.6. The number of nitrogens with one attached hydrogen (secondary N) is 1. The van der Waals surface area contributed by atoms with Crippen molar-refractivity contribution < 1.29 is 12.9 Å². The molecule has 2 aromatic rings. The molecule has 2 atom stereocenters. The third-order valence-corrected chi connectivity index (χ3v) is 8.34. The van der Waals surface area contributed by atoms with Crippen LogP contribution in [0.3, 0.4) is 0 Å². The summed E-state index contributed by atoms with van der Waals surface area (Å²) in [7, 11) is -1.50. The highest BCUT2D eigenvalue weighted by Crippen LogP contribution is 2.36. The SMILES string of the molecule is CN1CCNCC1c1noc(C2CCCCN2S(=O)(=O)c2cccs2)n1. The second-order valence-corrected chi connectivity index (χ2v) is 9.82. The Balaban J connectivity index is 1.61. The fraction of sp³-hybridized carbons (Fsp3) is 0.625. The molecule has 10 heteroatoms. The van der Waals surface area contributed by atoms with Crippen molar-refractivity contribution in [3.8, 4) is 0 Å². The third-order valence-electron chi connectivity index (χ3n) is 5.06. The first-order valence-corrected chi connectivity index (χ1v) is 11.2. The Labute approximate surface area is 157 Å². The predicted octanol–water partition coefficient (Wildman–Crippen LogP) is 1.62. The van der Waals surface area contributed by atoms with Crippen molar-refractivity contribution in [2.24, 2.45) is 0 Å². The largest absolute Gasteiger partial charge is 0.337 e. The van der Waals surface area contributed by atoms with Gasteiger partial charge in [0.1, 0.15) is 10.3 Å². The van der Waals surface area contributed by atoms with Gasteiger partial charge in [-0.05, 0) is 31.3 Å². The molecule has 0 radical (unpaired) electrons. The Bertz CT molecular complexity index is 836. The zero-order chi connectivity index (χ0) is 18.1. The van der Waals surface area contributed by atoms with Gasteiger partial charge in [-0.1, -0.05) is 17.6 Å². The van der Waals surface area contributed by atoms with E-state index in [4.69, 9.17) is 4.52 Å². The molecule has 0 amide bonds. The van der Waals surface area contributed by atoms with Crippen LogP contribution in [0.1, 0.15) is 43.1 Å². The molecule has 0 aliphatic carbocycles. The van der Waals surface area contributed by atoms with E-state index in [1.54, 1.807) is 17.5 Å². The van der Waals surface area contributed by atoms with Gasteiger partial charge in [-0.3, -0.25) is 4.90 Å². The molecule has 142 valence electrons. The van der Waals surface area contributed by atoms with Gasteiger partial charge in [-0.2, -0.15) is 9.29 Å². The topological polar surface area (TPSA) is 91.6 Å². The van der Waals surface area contributed by atoms with Crippen molar-refractivity contribution in [3.63, 3.8) is 0 Å². The molecular weight excluding hydrogens is 374 g/mol. The van der Waals surface area contributed by atoms with E-state index < -0.39 is 10.0 Å². The lowest BCUT2D eigenvalue weighted by Crippen LogP contribution is -2.44. The molecule has 2 aliphatic heterocycles. The van der Waals surface area contributed by atoms with Crippen LogP contribution in [0.25, 0.3) is 0 Å². The highest BCUT2D eigenvalue weighted by molar-refractivity contribution is 7.91. The molecule has 4 rings (SSSR count). The minimum atomic E-state index is -3.54. The number of nitrogens with zero attached hydrogens (tertiary/aromatic N) is 4. The summed E-state index contributed by atoms with van der Waals surface area (Å²) in [4.78, 5) is 6.78. The molecule has 8 nitrogen and oxygen atoms in total. The number of hydrogen-bond donors (Lipinski definition) is 1. The van der Waals surface area contributed by atoms with Crippen molar-refractivity contribution in [1.82, 2.24) is 24.7 Å². The Morgan fingerprint density at radius 2 is 2.19 bits per heavy atom. The number of sulfonamides is 1. The molecule has 0 saturated carbocycles. The summed E-state index contributed by atoms with van der Waals surface area (Å²) < 4.78 is 33.5. The summed E-state index contributed by atoms with van der Waals surface area (Å²) in [6, 6.07) is 3.06. The summed E-state index contributed by atoms with van der Waals surface area (Å²) in [6.45, 7) is 3.09. The smallest absolute Gasteiger partial charge is 0.253 e. The fourth-order valence-corrected chi connectivity index (χ4v) is 6.35. The lowest BCUT2D eigenvalue weighted by Gasteiger charge is -2.32. The second kappa shape index (κ2) is 7.35. The zero-order valence-corrected chi connectivity index (χ0v) is 16.3. The molecule has 2 unspecified atom stereocenters. The van der Waals surface area contributed by atoms with E-state index in [1.807, 2.05) is 7.05 Å². The van der Waals surface area contributed by atoms with Gasteiger partial charge in [0.15, 0.2) is 5.82 Å². The van der Waals surface area contributed by atoms with Gasteiger partial charge in [-0.15, -0.1) is 11.3 Å². The van der Waals surface area contributed by atoms with Gasteiger partial charge in [-0.25, -0.2) is 8.42 Å². The Morgan fingerprint density at radius 3 is 2.96 bits per heavy atom. The number of piperazine rings is 1. The van der Waals surface area contributed by atoms with E-state index in [9.17, 15) is 8.42 Å². The minimum Gasteiger partial charge on any atom is -0.337 e. The molecule has 0 spiro atoms. The number of aromatic nitrogens is 2. The first kappa shape index (κ1) is 18.1. The van der Waals surface area contributed by atoms with Gasteiger partial charge in [0.25, 0.3) is 10.0 Å². The van der Waals surface area contributed by atoms with Crippen molar-refractivity contribution in [2.75, 3.05) is 33.2 Å². The highest BCUT2D eigenvalue weighted by Gasteiger charge is 2.38. The van der Waals surface area contributed by atoms with Gasteiger partial charge in [0.2, 0.25) is 5.89 Å². The Kier molecular flexibility index (Phi) is 5.11. The monoisotopic (exact) mass is 397 g/mol. The maximum absolute atomic E-state index is 13.0. The molecule has 2 aliphatic rings. The number of rotatable bonds is 4. The fourth-order valence-electron chi connectivity index (χ4n) is 3.58. The molecule has 2 aromatic heterocycles. The number of piperidine rings is 1. The van der Waals surface area contributed by atoms with Gasteiger partial charge in [0.05, 0.1) is 6.04 Å². The van der Waals surface area contributed by atoms with Crippen LogP contribution in [0.5, 0.6) is 0 Å². The van der Waals surface area contributed by atoms with E-state index in [1.165, 1.54) is 15.6 Å². The van der Waals surface area contributed by atoms with Crippen LogP contribution >= 0.6 is 11.3 Å². The maximum Gasteiger partial charge on any atom is 0.253 e. The summed E-state index contributed by atoms with van der Waals surface area (Å²) in [5.74, 6) is 1.02.